The van der Waals surface area contributed by atoms with Gasteiger partial charge in [-0.05, 0) is 80.6 Å². The lowest BCUT2D eigenvalue weighted by molar-refractivity contribution is 0.211. The highest BCUT2D eigenvalue weighted by atomic mass is 16.5. The third-order valence-corrected chi connectivity index (χ3v) is 7.10. The van der Waals surface area contributed by atoms with E-state index in [0.717, 1.165) is 62.0 Å². The third-order valence-electron chi connectivity index (χ3n) is 7.10. The fourth-order valence-corrected chi connectivity index (χ4v) is 5.55. The minimum atomic E-state index is 0.654. The molecule has 0 aliphatic carbocycles. The number of imidazole rings is 1. The van der Waals surface area contributed by atoms with Gasteiger partial charge in [-0.25, -0.2) is 4.98 Å². The van der Waals surface area contributed by atoms with Gasteiger partial charge < -0.3 is 19.5 Å². The minimum Gasteiger partial charge on any atom is -0.497 e. The van der Waals surface area contributed by atoms with E-state index in [1.54, 1.807) is 7.11 Å². The van der Waals surface area contributed by atoms with Crippen molar-refractivity contribution in [2.75, 3.05) is 45.2 Å². The van der Waals surface area contributed by atoms with Crippen molar-refractivity contribution in [3.05, 3.63) is 48.0 Å². The Morgan fingerprint density at radius 1 is 0.946 bits per heavy atom. The Kier molecular flexibility index (Phi) is 9.87. The van der Waals surface area contributed by atoms with Crippen LogP contribution in [0.15, 0.2) is 42.5 Å². The first-order chi connectivity index (χ1) is 17.9. The van der Waals surface area contributed by atoms with Gasteiger partial charge >= 0.3 is 0 Å². The molecule has 37 heavy (non-hydrogen) atoms. The Hall–Kier alpha value is -2.57. The number of hydrogen-bond acceptors (Lipinski definition) is 5. The van der Waals surface area contributed by atoms with E-state index in [-0.39, 0.29) is 0 Å². The second kappa shape index (κ2) is 13.3. The maximum Gasteiger partial charge on any atom is 0.208 e. The summed E-state index contributed by atoms with van der Waals surface area (Å²) in [5.74, 6) is 3.05. The van der Waals surface area contributed by atoms with Gasteiger partial charge in [0.2, 0.25) is 5.95 Å². The molecular weight excluding hydrogens is 458 g/mol. The van der Waals surface area contributed by atoms with Crippen molar-refractivity contribution in [1.82, 2.24) is 19.4 Å². The first kappa shape index (κ1) is 27.5. The molecule has 1 aliphatic heterocycles. The third kappa shape index (κ3) is 7.96. The van der Waals surface area contributed by atoms with Crippen molar-refractivity contribution in [1.29, 1.82) is 0 Å². The van der Waals surface area contributed by atoms with Crippen molar-refractivity contribution in [3.63, 3.8) is 0 Å². The Balaban J connectivity index is 1.59. The summed E-state index contributed by atoms with van der Waals surface area (Å²) in [5, 5.41) is 3.59. The lowest BCUT2D eigenvalue weighted by Crippen LogP contribution is -2.31. The highest BCUT2D eigenvalue weighted by Crippen LogP contribution is 2.27. The van der Waals surface area contributed by atoms with Gasteiger partial charge in [0, 0.05) is 37.9 Å². The van der Waals surface area contributed by atoms with Crippen LogP contribution in [-0.2, 0) is 13.1 Å². The van der Waals surface area contributed by atoms with Gasteiger partial charge in [-0.3, -0.25) is 4.90 Å². The zero-order valence-electron chi connectivity index (χ0n) is 23.7. The van der Waals surface area contributed by atoms with Crippen LogP contribution >= 0.6 is 0 Å². The number of ether oxygens (including phenoxy) is 1. The van der Waals surface area contributed by atoms with E-state index in [0.29, 0.717) is 11.8 Å². The molecule has 1 saturated heterocycles. The fraction of sp³-hybridized carbons (Fsp3) is 0.581. The number of methoxy groups -OCH3 is 1. The Morgan fingerprint density at radius 3 is 2.41 bits per heavy atom. The van der Waals surface area contributed by atoms with E-state index >= 15 is 0 Å². The lowest BCUT2D eigenvalue weighted by atomic mass is 10.1. The number of likely N-dealkylation sites (tertiary alicyclic amines) is 1. The number of aryl methyl sites for hydroxylation is 1. The molecule has 0 amide bonds. The first-order valence-corrected chi connectivity index (χ1v) is 14.3. The number of anilines is 2. The topological polar surface area (TPSA) is 45.6 Å². The van der Waals surface area contributed by atoms with Crippen LogP contribution < -0.4 is 10.1 Å². The van der Waals surface area contributed by atoms with Crippen LogP contribution in [0.25, 0.3) is 11.0 Å². The van der Waals surface area contributed by atoms with Crippen LogP contribution in [0.4, 0.5) is 11.6 Å². The molecule has 1 aliphatic rings. The molecule has 1 fully saturated rings. The van der Waals surface area contributed by atoms with Gasteiger partial charge in [0.25, 0.3) is 0 Å². The van der Waals surface area contributed by atoms with Crippen molar-refractivity contribution in [2.24, 2.45) is 11.8 Å². The van der Waals surface area contributed by atoms with Gasteiger partial charge in [-0.2, -0.15) is 0 Å². The number of piperidine rings is 1. The smallest absolute Gasteiger partial charge is 0.208 e. The van der Waals surface area contributed by atoms with Crippen LogP contribution in [0.2, 0.25) is 0 Å². The van der Waals surface area contributed by atoms with E-state index in [9.17, 15) is 0 Å². The van der Waals surface area contributed by atoms with Crippen LogP contribution in [-0.4, -0.2) is 59.2 Å². The standard InChI is InChI=1S/C31H47N5O/c1-24(2)21-35(22-25(3)4)23-26-13-14-29-30(19-26)36(18-10-17-34-15-7-6-8-16-34)31(33-29)32-27-11-9-12-28(20-27)37-5/h9,11-14,19-20,24-25H,6-8,10,15-18,21-23H2,1-5H3,(H,32,33). The predicted molar refractivity (Wildman–Crippen MR) is 156 cm³/mol. The van der Waals surface area contributed by atoms with Crippen LogP contribution in [0.3, 0.4) is 0 Å². The van der Waals surface area contributed by atoms with Crippen LogP contribution in [0.5, 0.6) is 5.75 Å². The number of rotatable bonds is 13. The molecule has 2 heterocycles. The quantitative estimate of drug-likeness (QED) is 0.277. The van der Waals surface area contributed by atoms with Crippen molar-refractivity contribution in [2.45, 2.75) is 66.5 Å². The average molecular weight is 506 g/mol. The molecule has 0 spiro atoms. The van der Waals surface area contributed by atoms with E-state index < -0.39 is 0 Å². The molecule has 0 unspecified atom stereocenters. The molecule has 0 saturated carbocycles. The summed E-state index contributed by atoms with van der Waals surface area (Å²) in [6.45, 7) is 17.0. The lowest BCUT2D eigenvalue weighted by Gasteiger charge is -2.26. The summed E-state index contributed by atoms with van der Waals surface area (Å²) >= 11 is 0. The number of nitrogens with one attached hydrogen (secondary N) is 1. The van der Waals surface area contributed by atoms with E-state index in [1.807, 2.05) is 18.2 Å². The molecule has 202 valence electrons. The molecule has 0 atom stereocenters. The zero-order valence-corrected chi connectivity index (χ0v) is 23.7. The Labute approximate surface area is 224 Å². The van der Waals surface area contributed by atoms with Gasteiger partial charge in [0.15, 0.2) is 0 Å². The fourth-order valence-electron chi connectivity index (χ4n) is 5.55. The average Bonchev–Trinajstić information content (AvgIpc) is 3.20. The maximum absolute atomic E-state index is 5.44. The van der Waals surface area contributed by atoms with Crippen molar-refractivity contribution < 1.29 is 4.74 Å². The second-order valence-corrected chi connectivity index (χ2v) is 11.5. The van der Waals surface area contributed by atoms with Crippen LogP contribution in [0.1, 0.15) is 58.9 Å². The van der Waals surface area contributed by atoms with Gasteiger partial charge in [-0.15, -0.1) is 0 Å². The number of nitrogens with zero attached hydrogens (tertiary/aromatic N) is 4. The molecule has 2 aromatic carbocycles. The first-order valence-electron chi connectivity index (χ1n) is 14.3. The molecule has 1 aromatic heterocycles. The number of fused-ring (bicyclic) bond motifs is 1. The van der Waals surface area contributed by atoms with E-state index in [1.165, 1.54) is 43.4 Å². The van der Waals surface area contributed by atoms with Gasteiger partial charge in [-0.1, -0.05) is 46.2 Å². The zero-order chi connectivity index (χ0) is 26.2. The number of benzene rings is 2. The number of hydrogen-bond donors (Lipinski definition) is 1. The highest BCUT2D eigenvalue weighted by Gasteiger charge is 2.16. The minimum absolute atomic E-state index is 0.654. The molecule has 4 rings (SSSR count). The number of aromatic nitrogens is 2. The summed E-state index contributed by atoms with van der Waals surface area (Å²) < 4.78 is 7.83. The molecule has 1 N–H and O–H groups in total. The molecule has 0 radical (unpaired) electrons. The maximum atomic E-state index is 5.44. The van der Waals surface area contributed by atoms with Gasteiger partial charge in [0.1, 0.15) is 5.75 Å². The second-order valence-electron chi connectivity index (χ2n) is 11.5. The summed E-state index contributed by atoms with van der Waals surface area (Å²) in [5.41, 5.74) is 4.62. The molecule has 6 heteroatoms. The predicted octanol–water partition coefficient (Wildman–Crippen LogP) is 6.78. The highest BCUT2D eigenvalue weighted by molar-refractivity contribution is 5.80. The van der Waals surface area contributed by atoms with Crippen molar-refractivity contribution in [3.8, 4) is 5.75 Å². The Morgan fingerprint density at radius 2 is 1.70 bits per heavy atom. The summed E-state index contributed by atoms with van der Waals surface area (Å²) in [4.78, 5) is 10.3. The van der Waals surface area contributed by atoms with Crippen molar-refractivity contribution >= 4 is 22.7 Å². The molecule has 3 aromatic rings. The Bertz CT molecular complexity index is 1110. The molecule has 6 nitrogen and oxygen atoms in total. The SMILES string of the molecule is COc1cccc(Nc2nc3ccc(CN(CC(C)C)CC(C)C)cc3n2CCCN2CCCCC2)c1. The largest absolute Gasteiger partial charge is 0.497 e. The summed E-state index contributed by atoms with van der Waals surface area (Å²) in [6, 6.07) is 14.9. The molecular formula is C31H47N5O. The monoisotopic (exact) mass is 505 g/mol. The van der Waals surface area contributed by atoms with E-state index in [4.69, 9.17) is 9.72 Å². The molecule has 0 bridgehead atoms. The summed E-state index contributed by atoms with van der Waals surface area (Å²) in [7, 11) is 1.71. The van der Waals surface area contributed by atoms with Crippen LogP contribution in [0, 0.1) is 11.8 Å². The van der Waals surface area contributed by atoms with E-state index in [2.05, 4.69) is 71.6 Å². The normalized spacial score (nSPS) is 14.8. The van der Waals surface area contributed by atoms with Gasteiger partial charge in [0.05, 0.1) is 18.1 Å². The summed E-state index contributed by atoms with van der Waals surface area (Å²) in [6.07, 6.45) is 5.17.